The minimum absolute atomic E-state index is 0.486. The third-order valence-corrected chi connectivity index (χ3v) is 5.57. The summed E-state index contributed by atoms with van der Waals surface area (Å²) in [6, 6.07) is 1.44. The topological polar surface area (TPSA) is 15.3 Å². The zero-order valence-electron chi connectivity index (χ0n) is 11.7. The lowest BCUT2D eigenvalue weighted by atomic mass is 9.81. The van der Waals surface area contributed by atoms with E-state index in [1.807, 2.05) is 0 Å². The normalized spacial score (nSPS) is 34.8. The van der Waals surface area contributed by atoms with E-state index >= 15 is 0 Å². The Balaban J connectivity index is 1.86. The number of likely N-dealkylation sites (tertiary alicyclic amines) is 1. The molecule has 2 aliphatic rings. The van der Waals surface area contributed by atoms with E-state index in [4.69, 9.17) is 0 Å². The third-order valence-electron chi connectivity index (χ3n) is 4.51. The Morgan fingerprint density at radius 3 is 2.94 bits per heavy atom. The van der Waals surface area contributed by atoms with Crippen LogP contribution in [-0.2, 0) is 0 Å². The third kappa shape index (κ3) is 3.62. The van der Waals surface area contributed by atoms with Crippen LogP contribution < -0.4 is 5.32 Å². The van der Waals surface area contributed by atoms with Crippen molar-refractivity contribution in [1.82, 2.24) is 10.2 Å². The van der Waals surface area contributed by atoms with Crippen molar-refractivity contribution in [2.75, 3.05) is 31.1 Å². The Bertz CT molecular complexity index is 242. The summed E-state index contributed by atoms with van der Waals surface area (Å²) in [5.41, 5.74) is 0.486. The van der Waals surface area contributed by atoms with Gasteiger partial charge in [0.1, 0.15) is 0 Å². The second kappa shape index (κ2) is 5.94. The minimum atomic E-state index is 0.486. The van der Waals surface area contributed by atoms with Gasteiger partial charge in [0.05, 0.1) is 0 Å². The monoisotopic (exact) mass is 256 g/mol. The van der Waals surface area contributed by atoms with Crippen molar-refractivity contribution in [3.05, 3.63) is 0 Å². The largest absolute Gasteiger partial charge is 0.309 e. The number of nitrogens with zero attached hydrogens (tertiary/aromatic N) is 1. The zero-order valence-corrected chi connectivity index (χ0v) is 12.5. The van der Waals surface area contributed by atoms with Crippen LogP contribution in [0, 0.1) is 5.41 Å². The summed E-state index contributed by atoms with van der Waals surface area (Å²) in [6.45, 7) is 10.9. The molecule has 2 fully saturated rings. The van der Waals surface area contributed by atoms with E-state index < -0.39 is 0 Å². The van der Waals surface area contributed by atoms with Gasteiger partial charge in [-0.15, -0.1) is 0 Å². The summed E-state index contributed by atoms with van der Waals surface area (Å²) in [5.74, 6) is 2.65. The lowest BCUT2D eigenvalue weighted by Gasteiger charge is -2.43. The Kier molecular flexibility index (Phi) is 4.79. The molecular formula is C14H28N2S. The van der Waals surface area contributed by atoms with Crippen LogP contribution in [-0.4, -0.2) is 48.1 Å². The molecule has 2 rings (SSSR count). The predicted molar refractivity (Wildman–Crippen MR) is 77.8 cm³/mol. The summed E-state index contributed by atoms with van der Waals surface area (Å²) in [6.07, 6.45) is 4.10. The van der Waals surface area contributed by atoms with E-state index in [0.29, 0.717) is 11.5 Å². The van der Waals surface area contributed by atoms with Crippen LogP contribution in [0.4, 0.5) is 0 Å². The van der Waals surface area contributed by atoms with Crippen molar-refractivity contribution in [2.24, 2.45) is 5.41 Å². The molecule has 17 heavy (non-hydrogen) atoms. The van der Waals surface area contributed by atoms with Gasteiger partial charge in [-0.1, -0.05) is 20.8 Å². The first kappa shape index (κ1) is 13.7. The number of hydrogen-bond acceptors (Lipinski definition) is 3. The Morgan fingerprint density at radius 2 is 2.24 bits per heavy atom. The van der Waals surface area contributed by atoms with Crippen molar-refractivity contribution >= 4 is 11.8 Å². The SMILES string of the molecule is CCN1CCCC(NC2CSCCC2(C)C)C1. The molecule has 0 aliphatic carbocycles. The summed E-state index contributed by atoms with van der Waals surface area (Å²) < 4.78 is 0. The highest BCUT2D eigenvalue weighted by Crippen LogP contribution is 2.34. The molecule has 2 atom stereocenters. The Hall–Kier alpha value is 0.270. The molecule has 3 heteroatoms. The molecule has 0 bridgehead atoms. The number of rotatable bonds is 3. The molecule has 0 saturated carbocycles. The maximum Gasteiger partial charge on any atom is 0.0212 e. The van der Waals surface area contributed by atoms with Crippen molar-refractivity contribution < 1.29 is 0 Å². The lowest BCUT2D eigenvalue weighted by molar-refractivity contribution is 0.159. The van der Waals surface area contributed by atoms with Crippen molar-refractivity contribution in [1.29, 1.82) is 0 Å². The van der Waals surface area contributed by atoms with E-state index in [2.05, 4.69) is 42.7 Å². The molecule has 1 N–H and O–H groups in total. The predicted octanol–water partition coefficient (Wildman–Crippen LogP) is 2.59. The molecule has 0 aromatic carbocycles. The van der Waals surface area contributed by atoms with Crippen LogP contribution in [0.15, 0.2) is 0 Å². The smallest absolute Gasteiger partial charge is 0.0212 e. The molecule has 0 amide bonds. The number of nitrogens with one attached hydrogen (secondary N) is 1. The second-order valence-corrected chi connectivity index (χ2v) is 7.41. The quantitative estimate of drug-likeness (QED) is 0.835. The highest BCUT2D eigenvalue weighted by molar-refractivity contribution is 7.99. The van der Waals surface area contributed by atoms with Gasteiger partial charge in [-0.25, -0.2) is 0 Å². The average Bonchev–Trinajstić information content (AvgIpc) is 2.32. The van der Waals surface area contributed by atoms with Crippen molar-refractivity contribution in [3.8, 4) is 0 Å². The second-order valence-electron chi connectivity index (χ2n) is 6.27. The van der Waals surface area contributed by atoms with Crippen LogP contribution in [0.1, 0.15) is 40.0 Å². The van der Waals surface area contributed by atoms with Gasteiger partial charge >= 0.3 is 0 Å². The first-order valence-corrected chi connectivity index (χ1v) is 8.33. The molecule has 2 nitrogen and oxygen atoms in total. The van der Waals surface area contributed by atoms with Crippen molar-refractivity contribution in [2.45, 2.75) is 52.1 Å². The Morgan fingerprint density at radius 1 is 1.41 bits per heavy atom. The number of hydrogen-bond donors (Lipinski definition) is 1. The maximum atomic E-state index is 3.95. The van der Waals surface area contributed by atoms with Crippen LogP contribution in [0.3, 0.4) is 0 Å². The van der Waals surface area contributed by atoms with E-state index in [-0.39, 0.29) is 0 Å². The van der Waals surface area contributed by atoms with Crippen LogP contribution in [0.2, 0.25) is 0 Å². The fourth-order valence-corrected chi connectivity index (χ4v) is 4.59. The first-order valence-electron chi connectivity index (χ1n) is 7.18. The molecule has 2 aliphatic heterocycles. The fraction of sp³-hybridized carbons (Fsp3) is 1.00. The van der Waals surface area contributed by atoms with Crippen LogP contribution in [0.5, 0.6) is 0 Å². The van der Waals surface area contributed by atoms with Gasteiger partial charge in [0.15, 0.2) is 0 Å². The standard InChI is InChI=1S/C14H28N2S/c1-4-16-8-5-6-12(10-16)15-13-11-17-9-7-14(13,2)3/h12-13,15H,4-11H2,1-3H3. The summed E-state index contributed by atoms with van der Waals surface area (Å²) in [5, 5.41) is 3.95. The zero-order chi connectivity index (χ0) is 12.3. The number of piperidine rings is 1. The molecule has 0 aromatic heterocycles. The van der Waals surface area contributed by atoms with E-state index in [9.17, 15) is 0 Å². The van der Waals surface area contributed by atoms with Gasteiger partial charge in [-0.05, 0) is 43.5 Å². The van der Waals surface area contributed by atoms with Gasteiger partial charge in [0, 0.05) is 24.4 Å². The summed E-state index contributed by atoms with van der Waals surface area (Å²) in [7, 11) is 0. The first-order chi connectivity index (χ1) is 8.12. The van der Waals surface area contributed by atoms with E-state index in [1.54, 1.807) is 0 Å². The highest BCUT2D eigenvalue weighted by atomic mass is 32.2. The average molecular weight is 256 g/mol. The van der Waals surface area contributed by atoms with Crippen LogP contribution >= 0.6 is 11.8 Å². The molecule has 100 valence electrons. The molecule has 0 spiro atoms. The number of likely N-dealkylation sites (N-methyl/N-ethyl adjacent to an activating group) is 1. The summed E-state index contributed by atoms with van der Waals surface area (Å²) >= 11 is 2.12. The van der Waals surface area contributed by atoms with Crippen LogP contribution in [0.25, 0.3) is 0 Å². The molecule has 2 unspecified atom stereocenters. The minimum Gasteiger partial charge on any atom is -0.309 e. The van der Waals surface area contributed by atoms with Gasteiger partial charge in [-0.2, -0.15) is 11.8 Å². The molecule has 0 aromatic rings. The van der Waals surface area contributed by atoms with Gasteiger partial charge in [0.25, 0.3) is 0 Å². The molecule has 2 heterocycles. The van der Waals surface area contributed by atoms with Gasteiger partial charge < -0.3 is 10.2 Å². The van der Waals surface area contributed by atoms with Gasteiger partial charge in [0.2, 0.25) is 0 Å². The van der Waals surface area contributed by atoms with E-state index in [0.717, 1.165) is 6.04 Å². The molecule has 0 radical (unpaired) electrons. The lowest BCUT2D eigenvalue weighted by Crippen LogP contribution is -2.55. The Labute approximate surface area is 111 Å². The fourth-order valence-electron chi connectivity index (χ4n) is 2.97. The summed E-state index contributed by atoms with van der Waals surface area (Å²) in [4.78, 5) is 2.59. The van der Waals surface area contributed by atoms with Gasteiger partial charge in [-0.3, -0.25) is 0 Å². The highest BCUT2D eigenvalue weighted by Gasteiger charge is 2.34. The van der Waals surface area contributed by atoms with Crippen molar-refractivity contribution in [3.63, 3.8) is 0 Å². The number of thioether (sulfide) groups is 1. The molecule has 2 saturated heterocycles. The molecular weight excluding hydrogens is 228 g/mol. The van der Waals surface area contributed by atoms with E-state index in [1.165, 1.54) is 50.4 Å². The maximum absolute atomic E-state index is 3.95.